The summed E-state index contributed by atoms with van der Waals surface area (Å²) < 4.78 is 9.88. The maximum absolute atomic E-state index is 11.9. The van der Waals surface area contributed by atoms with Crippen molar-refractivity contribution < 1.29 is 19.1 Å². The predicted octanol–water partition coefficient (Wildman–Crippen LogP) is 3.44. The minimum absolute atomic E-state index is 0.119. The summed E-state index contributed by atoms with van der Waals surface area (Å²) in [6.45, 7) is 0.308. The molecule has 114 valence electrons. The summed E-state index contributed by atoms with van der Waals surface area (Å²) in [5.74, 6) is -0.779. The van der Waals surface area contributed by atoms with Gasteiger partial charge in [0, 0.05) is 21.7 Å². The average molecular weight is 337 g/mol. The van der Waals surface area contributed by atoms with E-state index in [9.17, 15) is 9.59 Å². The van der Waals surface area contributed by atoms with Crippen LogP contribution in [0.25, 0.3) is 10.8 Å². The van der Waals surface area contributed by atoms with Crippen LogP contribution in [0.1, 0.15) is 6.42 Å². The van der Waals surface area contributed by atoms with E-state index in [0.717, 1.165) is 15.7 Å². The molecule has 3 rings (SSSR count). The maximum Gasteiger partial charge on any atom is 0.347 e. The second kappa shape index (κ2) is 6.58. The Morgan fingerprint density at radius 1 is 1.32 bits per heavy atom. The van der Waals surface area contributed by atoms with Crippen LogP contribution in [0.15, 0.2) is 41.3 Å². The van der Waals surface area contributed by atoms with E-state index in [2.05, 4.69) is 0 Å². The lowest BCUT2D eigenvalue weighted by Crippen LogP contribution is -2.23. The molecule has 22 heavy (non-hydrogen) atoms. The lowest BCUT2D eigenvalue weighted by molar-refractivity contribution is -0.158. The normalized spacial score (nSPS) is 17.5. The fourth-order valence-electron chi connectivity index (χ4n) is 2.30. The van der Waals surface area contributed by atoms with E-state index < -0.39 is 18.0 Å². The van der Waals surface area contributed by atoms with Crippen molar-refractivity contribution in [1.82, 2.24) is 0 Å². The highest BCUT2D eigenvalue weighted by Gasteiger charge is 2.30. The molecule has 2 aromatic carbocycles. The smallest absolute Gasteiger partial charge is 0.347 e. The molecular weight excluding hydrogens is 324 g/mol. The van der Waals surface area contributed by atoms with Gasteiger partial charge in [-0.15, -0.1) is 11.8 Å². The Morgan fingerprint density at radius 2 is 2.09 bits per heavy atom. The van der Waals surface area contributed by atoms with Crippen LogP contribution in [0, 0.1) is 0 Å². The van der Waals surface area contributed by atoms with Crippen molar-refractivity contribution in [3.8, 4) is 0 Å². The number of hydrogen-bond acceptors (Lipinski definition) is 5. The number of thioether (sulfide) groups is 1. The molecule has 1 heterocycles. The molecule has 1 saturated heterocycles. The van der Waals surface area contributed by atoms with E-state index in [4.69, 9.17) is 21.1 Å². The van der Waals surface area contributed by atoms with Crippen LogP contribution >= 0.6 is 23.4 Å². The van der Waals surface area contributed by atoms with Crippen LogP contribution in [-0.4, -0.2) is 30.4 Å². The zero-order chi connectivity index (χ0) is 15.5. The molecule has 1 aliphatic heterocycles. The lowest BCUT2D eigenvalue weighted by Gasteiger charge is -2.10. The first kappa shape index (κ1) is 15.2. The summed E-state index contributed by atoms with van der Waals surface area (Å²) in [6, 6.07) is 11.5. The Kier molecular flexibility index (Phi) is 4.55. The van der Waals surface area contributed by atoms with Crippen LogP contribution in [-0.2, 0) is 19.1 Å². The number of hydrogen-bond donors (Lipinski definition) is 0. The molecule has 0 amide bonds. The molecule has 1 aliphatic rings. The van der Waals surface area contributed by atoms with Crippen molar-refractivity contribution in [2.45, 2.75) is 17.4 Å². The molecule has 0 spiro atoms. The van der Waals surface area contributed by atoms with Crippen LogP contribution in [0.2, 0.25) is 5.02 Å². The van der Waals surface area contributed by atoms with E-state index in [1.54, 1.807) is 0 Å². The van der Waals surface area contributed by atoms with E-state index >= 15 is 0 Å². The summed E-state index contributed by atoms with van der Waals surface area (Å²) in [5.41, 5.74) is 0. The number of cyclic esters (lactones) is 1. The Labute approximate surface area is 136 Å². The van der Waals surface area contributed by atoms with Gasteiger partial charge < -0.3 is 9.47 Å². The first-order valence-corrected chi connectivity index (χ1v) is 8.17. The zero-order valence-corrected chi connectivity index (χ0v) is 13.2. The minimum atomic E-state index is -0.760. The third-order valence-corrected chi connectivity index (χ3v) is 4.67. The first-order valence-electron chi connectivity index (χ1n) is 6.81. The lowest BCUT2D eigenvalue weighted by atomic mass is 10.1. The molecule has 4 nitrogen and oxygen atoms in total. The van der Waals surface area contributed by atoms with Gasteiger partial charge in [-0.3, -0.25) is 4.79 Å². The molecule has 0 bridgehead atoms. The highest BCUT2D eigenvalue weighted by atomic mass is 35.5. The van der Waals surface area contributed by atoms with Gasteiger partial charge in [-0.1, -0.05) is 35.9 Å². The third-order valence-electron chi connectivity index (χ3n) is 3.32. The maximum atomic E-state index is 11.9. The third kappa shape index (κ3) is 3.20. The second-order valence-electron chi connectivity index (χ2n) is 4.82. The minimum Gasteiger partial charge on any atom is -0.463 e. The van der Waals surface area contributed by atoms with Gasteiger partial charge in [0.1, 0.15) is 0 Å². The van der Waals surface area contributed by atoms with Gasteiger partial charge in [0.25, 0.3) is 0 Å². The first-order chi connectivity index (χ1) is 10.6. The Balaban J connectivity index is 1.69. The molecule has 0 unspecified atom stereocenters. The van der Waals surface area contributed by atoms with Gasteiger partial charge in [-0.2, -0.15) is 0 Å². The topological polar surface area (TPSA) is 52.6 Å². The van der Waals surface area contributed by atoms with Crippen LogP contribution in [0.4, 0.5) is 0 Å². The fraction of sp³-hybridized carbons (Fsp3) is 0.250. The van der Waals surface area contributed by atoms with E-state index in [-0.39, 0.29) is 5.75 Å². The quantitative estimate of drug-likeness (QED) is 0.632. The molecule has 0 aromatic heterocycles. The number of halogens is 1. The van der Waals surface area contributed by atoms with Gasteiger partial charge in [-0.25, -0.2) is 4.79 Å². The summed E-state index contributed by atoms with van der Waals surface area (Å²) in [4.78, 5) is 24.0. The number of carbonyl (C=O) groups is 2. The standard InChI is InChI=1S/C16H13ClO4S/c17-11-5-1-3-10-4-2-6-13(15(10)11)22-9-14(18)21-12-7-8-20-16(12)19/h1-6,12H,7-9H2/t12-/m0/s1. The van der Waals surface area contributed by atoms with Gasteiger partial charge in [-0.05, 0) is 17.5 Å². The highest BCUT2D eigenvalue weighted by Crippen LogP contribution is 2.33. The van der Waals surface area contributed by atoms with Gasteiger partial charge >= 0.3 is 11.9 Å². The summed E-state index contributed by atoms with van der Waals surface area (Å²) in [6.07, 6.45) is -0.334. The van der Waals surface area contributed by atoms with Crippen molar-refractivity contribution in [2.24, 2.45) is 0 Å². The molecule has 0 radical (unpaired) electrons. The van der Waals surface area contributed by atoms with E-state index in [0.29, 0.717) is 18.1 Å². The molecule has 0 aliphatic carbocycles. The van der Waals surface area contributed by atoms with Crippen molar-refractivity contribution >= 4 is 46.1 Å². The largest absolute Gasteiger partial charge is 0.463 e. The number of esters is 2. The molecular formula is C16H13ClO4S. The van der Waals surface area contributed by atoms with Crippen molar-refractivity contribution in [3.63, 3.8) is 0 Å². The van der Waals surface area contributed by atoms with Gasteiger partial charge in [0.2, 0.25) is 6.10 Å². The number of fused-ring (bicyclic) bond motifs is 1. The van der Waals surface area contributed by atoms with Gasteiger partial charge in [0.05, 0.1) is 12.4 Å². The van der Waals surface area contributed by atoms with Crippen LogP contribution in [0.3, 0.4) is 0 Å². The Bertz CT molecular complexity index is 726. The molecule has 0 N–H and O–H groups in total. The van der Waals surface area contributed by atoms with E-state index in [1.807, 2.05) is 36.4 Å². The number of benzene rings is 2. The summed E-state index contributed by atoms with van der Waals surface area (Å²) >= 11 is 7.59. The van der Waals surface area contributed by atoms with Crippen molar-refractivity contribution in [3.05, 3.63) is 41.4 Å². The highest BCUT2D eigenvalue weighted by molar-refractivity contribution is 8.00. The molecule has 1 fully saturated rings. The van der Waals surface area contributed by atoms with Gasteiger partial charge in [0.15, 0.2) is 0 Å². The Hall–Kier alpha value is -1.72. The number of carbonyl (C=O) groups excluding carboxylic acids is 2. The van der Waals surface area contributed by atoms with Crippen LogP contribution in [0.5, 0.6) is 0 Å². The SMILES string of the molecule is O=C(CSc1cccc2cccc(Cl)c12)O[C@H]1CCOC1=O. The van der Waals surface area contributed by atoms with E-state index in [1.165, 1.54) is 11.8 Å². The Morgan fingerprint density at radius 3 is 2.82 bits per heavy atom. The molecule has 6 heteroatoms. The van der Waals surface area contributed by atoms with Crippen molar-refractivity contribution in [1.29, 1.82) is 0 Å². The summed E-state index contributed by atoms with van der Waals surface area (Å²) in [7, 11) is 0. The molecule has 0 saturated carbocycles. The predicted molar refractivity (Wildman–Crippen MR) is 85.1 cm³/mol. The summed E-state index contributed by atoms with van der Waals surface area (Å²) in [5, 5.41) is 2.59. The van der Waals surface area contributed by atoms with Crippen molar-refractivity contribution in [2.75, 3.05) is 12.4 Å². The molecule has 1 atom stereocenters. The zero-order valence-electron chi connectivity index (χ0n) is 11.6. The monoisotopic (exact) mass is 336 g/mol. The molecule has 2 aromatic rings. The van der Waals surface area contributed by atoms with Crippen LogP contribution < -0.4 is 0 Å². The second-order valence-corrected chi connectivity index (χ2v) is 6.24. The number of rotatable bonds is 4. The average Bonchev–Trinajstić information content (AvgIpc) is 2.90. The number of ether oxygens (including phenoxy) is 2. The fourth-order valence-corrected chi connectivity index (χ4v) is 3.52.